The van der Waals surface area contributed by atoms with E-state index in [0.29, 0.717) is 12.0 Å². The van der Waals surface area contributed by atoms with Gasteiger partial charge in [0.15, 0.2) is 0 Å². The van der Waals surface area contributed by atoms with Crippen molar-refractivity contribution >= 4 is 17.2 Å². The Kier molecular flexibility index (Phi) is 4.58. The Hall–Kier alpha value is -0.940. The van der Waals surface area contributed by atoms with Crippen LogP contribution in [0.3, 0.4) is 0 Å². The van der Waals surface area contributed by atoms with E-state index in [2.05, 4.69) is 31.1 Å². The average molecular weight is 281 g/mol. The van der Waals surface area contributed by atoms with E-state index in [9.17, 15) is 4.79 Å². The first-order valence-electron chi connectivity index (χ1n) is 6.96. The molecule has 1 saturated heterocycles. The average Bonchev–Trinajstić information content (AvgIpc) is 2.68. The van der Waals surface area contributed by atoms with Crippen LogP contribution >= 0.6 is 11.3 Å². The van der Waals surface area contributed by atoms with Crippen LogP contribution < -0.4 is 5.32 Å². The van der Waals surface area contributed by atoms with Gasteiger partial charge in [0.2, 0.25) is 0 Å². The highest BCUT2D eigenvalue weighted by molar-refractivity contribution is 7.13. The van der Waals surface area contributed by atoms with Gasteiger partial charge in [-0.1, -0.05) is 13.8 Å². The van der Waals surface area contributed by atoms with E-state index in [4.69, 9.17) is 0 Å². The fourth-order valence-electron chi connectivity index (χ4n) is 2.42. The van der Waals surface area contributed by atoms with E-state index >= 15 is 0 Å². The Balaban J connectivity index is 2.18. The van der Waals surface area contributed by atoms with Crippen molar-refractivity contribution in [2.45, 2.75) is 40.2 Å². The molecular weight excluding hydrogens is 258 g/mol. The minimum Gasteiger partial charge on any atom is -0.335 e. The van der Waals surface area contributed by atoms with Crippen LogP contribution in [-0.4, -0.2) is 41.5 Å². The molecule has 0 bridgehead atoms. The summed E-state index contributed by atoms with van der Waals surface area (Å²) < 4.78 is 0. The number of hydrogen-bond acceptors (Lipinski definition) is 4. The second kappa shape index (κ2) is 6.01. The SMILES string of the molecule is Cc1nc(CC(C)C)c(C(=O)N2CCN[C@@H](C)C2)s1. The maximum absolute atomic E-state index is 12.6. The first kappa shape index (κ1) is 14.5. The number of nitrogens with one attached hydrogen (secondary N) is 1. The van der Waals surface area contributed by atoms with Gasteiger partial charge in [-0.2, -0.15) is 0 Å². The van der Waals surface area contributed by atoms with E-state index in [1.807, 2.05) is 11.8 Å². The van der Waals surface area contributed by atoms with E-state index < -0.39 is 0 Å². The first-order chi connectivity index (χ1) is 8.97. The molecular formula is C14H23N3OS. The summed E-state index contributed by atoms with van der Waals surface area (Å²) in [6.45, 7) is 10.9. The van der Waals surface area contributed by atoms with Crippen molar-refractivity contribution in [2.24, 2.45) is 5.92 Å². The number of thiazole rings is 1. The molecule has 1 aliphatic rings. The summed E-state index contributed by atoms with van der Waals surface area (Å²) in [5, 5.41) is 4.35. The lowest BCUT2D eigenvalue weighted by atomic mass is 10.1. The summed E-state index contributed by atoms with van der Waals surface area (Å²) >= 11 is 1.54. The highest BCUT2D eigenvalue weighted by Crippen LogP contribution is 2.23. The molecule has 0 saturated carbocycles. The van der Waals surface area contributed by atoms with Crippen molar-refractivity contribution in [1.82, 2.24) is 15.2 Å². The summed E-state index contributed by atoms with van der Waals surface area (Å²) in [6, 6.07) is 0.375. The predicted molar refractivity (Wildman–Crippen MR) is 78.8 cm³/mol. The first-order valence-corrected chi connectivity index (χ1v) is 7.78. The lowest BCUT2D eigenvalue weighted by molar-refractivity contribution is 0.0712. The predicted octanol–water partition coefficient (Wildman–Crippen LogP) is 2.08. The summed E-state index contributed by atoms with van der Waals surface area (Å²) in [5.74, 6) is 0.685. The molecule has 4 nitrogen and oxygen atoms in total. The fraction of sp³-hybridized carbons (Fsp3) is 0.714. The molecule has 0 aliphatic carbocycles. The van der Waals surface area contributed by atoms with Crippen LogP contribution in [0.15, 0.2) is 0 Å². The third-order valence-electron chi connectivity index (χ3n) is 3.26. The molecule has 5 heteroatoms. The van der Waals surface area contributed by atoms with Gasteiger partial charge in [0.1, 0.15) is 4.88 Å². The normalized spacial score (nSPS) is 20.1. The minimum absolute atomic E-state index is 0.162. The molecule has 1 fully saturated rings. The third kappa shape index (κ3) is 3.54. The smallest absolute Gasteiger partial charge is 0.265 e. The van der Waals surface area contributed by atoms with Gasteiger partial charge in [-0.25, -0.2) is 4.98 Å². The summed E-state index contributed by atoms with van der Waals surface area (Å²) in [5.41, 5.74) is 0.980. The molecule has 1 aliphatic heterocycles. The molecule has 0 unspecified atom stereocenters. The van der Waals surface area contributed by atoms with Crippen LogP contribution in [0.5, 0.6) is 0 Å². The molecule has 1 aromatic heterocycles. The number of aromatic nitrogens is 1. The highest BCUT2D eigenvalue weighted by Gasteiger charge is 2.26. The number of nitrogens with zero attached hydrogens (tertiary/aromatic N) is 2. The van der Waals surface area contributed by atoms with Gasteiger partial charge >= 0.3 is 0 Å². The van der Waals surface area contributed by atoms with E-state index in [1.54, 1.807) is 0 Å². The number of carbonyl (C=O) groups excluding carboxylic acids is 1. The molecule has 2 heterocycles. The van der Waals surface area contributed by atoms with Gasteiger partial charge in [0.05, 0.1) is 10.7 Å². The monoisotopic (exact) mass is 281 g/mol. The van der Waals surface area contributed by atoms with Gasteiger partial charge in [-0.15, -0.1) is 11.3 Å². The van der Waals surface area contributed by atoms with Crippen LogP contribution in [0, 0.1) is 12.8 Å². The van der Waals surface area contributed by atoms with Gasteiger partial charge in [0.25, 0.3) is 5.91 Å². The Morgan fingerprint density at radius 1 is 1.58 bits per heavy atom. The molecule has 0 spiro atoms. The van der Waals surface area contributed by atoms with Crippen LogP contribution in [0.2, 0.25) is 0 Å². The highest BCUT2D eigenvalue weighted by atomic mass is 32.1. The Labute approximate surface area is 119 Å². The largest absolute Gasteiger partial charge is 0.335 e. The number of hydrogen-bond donors (Lipinski definition) is 1. The van der Waals surface area contributed by atoms with Crippen LogP contribution in [0.1, 0.15) is 41.1 Å². The maximum atomic E-state index is 12.6. The van der Waals surface area contributed by atoms with Crippen molar-refractivity contribution in [3.63, 3.8) is 0 Å². The van der Waals surface area contributed by atoms with Crippen molar-refractivity contribution in [1.29, 1.82) is 0 Å². The second-order valence-electron chi connectivity index (χ2n) is 5.71. The number of piperazine rings is 1. The third-order valence-corrected chi connectivity index (χ3v) is 4.26. The molecule has 1 aromatic rings. The van der Waals surface area contributed by atoms with Crippen molar-refractivity contribution < 1.29 is 4.79 Å². The molecule has 0 aromatic carbocycles. The van der Waals surface area contributed by atoms with E-state index in [1.165, 1.54) is 11.3 Å². The molecule has 1 atom stereocenters. The molecule has 0 radical (unpaired) electrons. The number of rotatable bonds is 3. The Morgan fingerprint density at radius 3 is 2.95 bits per heavy atom. The zero-order valence-corrected chi connectivity index (χ0v) is 13.0. The van der Waals surface area contributed by atoms with Gasteiger partial charge < -0.3 is 10.2 Å². The zero-order chi connectivity index (χ0) is 14.0. The second-order valence-corrected chi connectivity index (χ2v) is 6.92. The van der Waals surface area contributed by atoms with Gasteiger partial charge in [-0.05, 0) is 26.2 Å². The van der Waals surface area contributed by atoms with Crippen molar-refractivity contribution in [3.05, 3.63) is 15.6 Å². The van der Waals surface area contributed by atoms with Crippen LogP contribution in [0.25, 0.3) is 0 Å². The quantitative estimate of drug-likeness (QED) is 0.922. The van der Waals surface area contributed by atoms with Crippen molar-refractivity contribution in [3.8, 4) is 0 Å². The molecule has 1 N–H and O–H groups in total. The van der Waals surface area contributed by atoms with Crippen LogP contribution in [-0.2, 0) is 6.42 Å². The lowest BCUT2D eigenvalue weighted by Crippen LogP contribution is -2.51. The van der Waals surface area contributed by atoms with Gasteiger partial charge in [-0.3, -0.25) is 4.79 Å². The fourth-order valence-corrected chi connectivity index (χ4v) is 3.34. The molecule has 1 amide bonds. The molecule has 2 rings (SSSR count). The minimum atomic E-state index is 0.162. The topological polar surface area (TPSA) is 45.2 Å². The number of carbonyl (C=O) groups is 1. The van der Waals surface area contributed by atoms with Crippen LogP contribution in [0.4, 0.5) is 0 Å². The standard InChI is InChI=1S/C14H23N3OS/c1-9(2)7-12-13(19-11(4)16-12)14(18)17-6-5-15-10(3)8-17/h9-10,15H,5-8H2,1-4H3/t10-/m0/s1. The molecule has 19 heavy (non-hydrogen) atoms. The van der Waals surface area contributed by atoms with Gasteiger partial charge in [0, 0.05) is 25.7 Å². The zero-order valence-electron chi connectivity index (χ0n) is 12.2. The van der Waals surface area contributed by atoms with Crippen molar-refractivity contribution in [2.75, 3.05) is 19.6 Å². The summed E-state index contributed by atoms with van der Waals surface area (Å²) in [4.78, 5) is 20.0. The number of aryl methyl sites for hydroxylation is 1. The van der Waals surface area contributed by atoms with E-state index in [-0.39, 0.29) is 5.91 Å². The lowest BCUT2D eigenvalue weighted by Gasteiger charge is -2.31. The number of amides is 1. The summed E-state index contributed by atoms with van der Waals surface area (Å²) in [7, 11) is 0. The maximum Gasteiger partial charge on any atom is 0.265 e. The Bertz CT molecular complexity index is 456. The molecule has 106 valence electrons. The Morgan fingerprint density at radius 2 is 2.32 bits per heavy atom. The van der Waals surface area contributed by atoms with E-state index in [0.717, 1.165) is 41.6 Å². The summed E-state index contributed by atoms with van der Waals surface area (Å²) in [6.07, 6.45) is 0.882.